The van der Waals surface area contributed by atoms with Gasteiger partial charge < -0.3 is 10.0 Å². The van der Waals surface area contributed by atoms with Gasteiger partial charge in [-0.2, -0.15) is 5.10 Å². The fourth-order valence-corrected chi connectivity index (χ4v) is 2.76. The third-order valence-electron chi connectivity index (χ3n) is 3.68. The van der Waals surface area contributed by atoms with Gasteiger partial charge in [0, 0.05) is 15.9 Å². The predicted molar refractivity (Wildman–Crippen MR) is 80.1 cm³/mol. The molecular weight excluding hydrogens is 338 g/mol. The van der Waals surface area contributed by atoms with E-state index in [4.69, 9.17) is 0 Å². The molecule has 1 saturated carbocycles. The zero-order valence-corrected chi connectivity index (χ0v) is 12.9. The van der Waals surface area contributed by atoms with Gasteiger partial charge in [-0.15, -0.1) is 0 Å². The van der Waals surface area contributed by atoms with E-state index in [-0.39, 0.29) is 17.6 Å². The second-order valence-electron chi connectivity index (χ2n) is 5.22. The highest BCUT2D eigenvalue weighted by molar-refractivity contribution is 9.10. The van der Waals surface area contributed by atoms with Crippen molar-refractivity contribution in [1.29, 1.82) is 0 Å². The topological polar surface area (TPSA) is 86.3 Å². The van der Waals surface area contributed by atoms with Crippen molar-refractivity contribution in [2.45, 2.75) is 31.8 Å². The molecule has 6 nitrogen and oxygen atoms in total. The molecule has 110 valence electrons. The first-order chi connectivity index (χ1) is 9.99. The number of aromatic amines is 1. The van der Waals surface area contributed by atoms with Crippen LogP contribution in [0.15, 0.2) is 22.7 Å². The molecule has 0 aliphatic heterocycles. The summed E-state index contributed by atoms with van der Waals surface area (Å²) in [6.45, 7) is 1.53. The van der Waals surface area contributed by atoms with Gasteiger partial charge in [0.25, 0.3) is 5.91 Å². The molecule has 2 N–H and O–H groups in total. The Morgan fingerprint density at radius 3 is 2.81 bits per heavy atom. The highest BCUT2D eigenvalue weighted by atomic mass is 79.9. The molecule has 1 atom stereocenters. The molecule has 1 unspecified atom stereocenters. The SMILES string of the molecule is CC(C(=O)O)N(C(=O)c1n[nH]c2ccc(Br)cc12)C1CC1. The van der Waals surface area contributed by atoms with E-state index < -0.39 is 12.0 Å². The minimum atomic E-state index is -1.00. The van der Waals surface area contributed by atoms with Crippen molar-refractivity contribution < 1.29 is 14.7 Å². The van der Waals surface area contributed by atoms with Crippen LogP contribution in [0, 0.1) is 0 Å². The molecule has 7 heteroatoms. The number of hydrogen-bond donors (Lipinski definition) is 2. The lowest BCUT2D eigenvalue weighted by Crippen LogP contribution is -2.44. The van der Waals surface area contributed by atoms with Crippen LogP contribution in [0.1, 0.15) is 30.3 Å². The molecule has 2 aromatic rings. The number of nitrogens with zero attached hydrogens (tertiary/aromatic N) is 2. The maximum atomic E-state index is 12.7. The molecular formula is C14H14BrN3O3. The van der Waals surface area contributed by atoms with Crippen molar-refractivity contribution in [3.63, 3.8) is 0 Å². The van der Waals surface area contributed by atoms with Gasteiger partial charge in [0.15, 0.2) is 5.69 Å². The van der Waals surface area contributed by atoms with E-state index in [2.05, 4.69) is 26.1 Å². The fourth-order valence-electron chi connectivity index (χ4n) is 2.40. The molecule has 1 heterocycles. The van der Waals surface area contributed by atoms with E-state index in [1.54, 1.807) is 0 Å². The van der Waals surface area contributed by atoms with Gasteiger partial charge in [0.05, 0.1) is 5.52 Å². The summed E-state index contributed by atoms with van der Waals surface area (Å²) in [5.41, 5.74) is 1.02. The number of benzene rings is 1. The number of rotatable bonds is 4. The Balaban J connectivity index is 2.02. The number of carbonyl (C=O) groups excluding carboxylic acids is 1. The van der Waals surface area contributed by atoms with Gasteiger partial charge in [0.1, 0.15) is 6.04 Å². The van der Waals surface area contributed by atoms with Gasteiger partial charge in [-0.1, -0.05) is 15.9 Å². The molecule has 0 spiro atoms. The molecule has 0 radical (unpaired) electrons. The minimum absolute atomic E-state index is 0.00232. The molecule has 1 aromatic heterocycles. The molecule has 1 aliphatic carbocycles. The average Bonchev–Trinajstić information content (AvgIpc) is 3.17. The second kappa shape index (κ2) is 5.14. The van der Waals surface area contributed by atoms with Crippen molar-refractivity contribution in [2.75, 3.05) is 0 Å². The number of carboxylic acids is 1. The molecule has 1 aromatic carbocycles. The van der Waals surface area contributed by atoms with E-state index in [1.165, 1.54) is 11.8 Å². The molecule has 1 amide bonds. The summed E-state index contributed by atoms with van der Waals surface area (Å²) in [5.74, 6) is -1.34. The van der Waals surface area contributed by atoms with Gasteiger partial charge in [-0.05, 0) is 38.0 Å². The number of fused-ring (bicyclic) bond motifs is 1. The first-order valence-electron chi connectivity index (χ1n) is 6.68. The molecule has 3 rings (SSSR count). The van der Waals surface area contributed by atoms with Gasteiger partial charge in [-0.3, -0.25) is 9.89 Å². The Kier molecular flexibility index (Phi) is 3.44. The Labute approximate surface area is 129 Å². The average molecular weight is 352 g/mol. The van der Waals surface area contributed by atoms with Crippen LogP contribution in [0.4, 0.5) is 0 Å². The van der Waals surface area contributed by atoms with Crippen LogP contribution in [0.2, 0.25) is 0 Å². The number of aliphatic carboxylic acids is 1. The number of carboxylic acid groups (broad SMARTS) is 1. The van der Waals surface area contributed by atoms with Gasteiger partial charge >= 0.3 is 5.97 Å². The Morgan fingerprint density at radius 2 is 2.19 bits per heavy atom. The highest BCUT2D eigenvalue weighted by Gasteiger charge is 2.40. The summed E-state index contributed by atoms with van der Waals surface area (Å²) in [7, 11) is 0. The normalized spacial score (nSPS) is 15.9. The van der Waals surface area contributed by atoms with E-state index in [0.29, 0.717) is 5.39 Å². The Bertz CT molecular complexity index is 723. The molecule has 0 bridgehead atoms. The molecule has 1 fully saturated rings. The largest absolute Gasteiger partial charge is 0.480 e. The van der Waals surface area contributed by atoms with Crippen LogP contribution >= 0.6 is 15.9 Å². The fraction of sp³-hybridized carbons (Fsp3) is 0.357. The number of H-pyrrole nitrogens is 1. The zero-order valence-electron chi connectivity index (χ0n) is 11.3. The number of carbonyl (C=O) groups is 2. The van der Waals surface area contributed by atoms with Crippen LogP contribution in [-0.2, 0) is 4.79 Å². The van der Waals surface area contributed by atoms with E-state index in [9.17, 15) is 14.7 Å². The first-order valence-corrected chi connectivity index (χ1v) is 7.47. The monoisotopic (exact) mass is 351 g/mol. The minimum Gasteiger partial charge on any atom is -0.480 e. The van der Waals surface area contributed by atoms with Crippen molar-refractivity contribution in [1.82, 2.24) is 15.1 Å². The number of nitrogens with one attached hydrogen (secondary N) is 1. The lowest BCUT2D eigenvalue weighted by atomic mass is 10.1. The standard InChI is InChI=1S/C14H14BrN3O3/c1-7(14(20)21)18(9-3-4-9)13(19)12-10-6-8(15)2-5-11(10)16-17-12/h2,5-7,9H,3-4H2,1H3,(H,16,17)(H,20,21). The summed E-state index contributed by atoms with van der Waals surface area (Å²) in [6.07, 6.45) is 1.69. The van der Waals surface area contributed by atoms with Crippen molar-refractivity contribution in [3.05, 3.63) is 28.4 Å². The predicted octanol–water partition coefficient (Wildman–Crippen LogP) is 2.40. The lowest BCUT2D eigenvalue weighted by Gasteiger charge is -2.25. The Morgan fingerprint density at radius 1 is 1.48 bits per heavy atom. The number of aromatic nitrogens is 2. The number of amides is 1. The maximum absolute atomic E-state index is 12.7. The first kappa shape index (κ1) is 14.1. The molecule has 1 aliphatic rings. The third-order valence-corrected chi connectivity index (χ3v) is 4.17. The summed E-state index contributed by atoms with van der Waals surface area (Å²) in [4.78, 5) is 25.4. The second-order valence-corrected chi connectivity index (χ2v) is 6.14. The van der Waals surface area contributed by atoms with E-state index >= 15 is 0 Å². The van der Waals surface area contributed by atoms with Crippen molar-refractivity contribution in [3.8, 4) is 0 Å². The Hall–Kier alpha value is -1.89. The summed E-state index contributed by atoms with van der Waals surface area (Å²) in [5, 5.41) is 16.8. The van der Waals surface area contributed by atoms with E-state index in [0.717, 1.165) is 22.8 Å². The quantitative estimate of drug-likeness (QED) is 0.885. The van der Waals surface area contributed by atoms with Crippen LogP contribution < -0.4 is 0 Å². The third kappa shape index (κ3) is 2.53. The summed E-state index contributed by atoms with van der Waals surface area (Å²) >= 11 is 3.37. The lowest BCUT2D eigenvalue weighted by molar-refractivity contribution is -0.141. The summed E-state index contributed by atoms with van der Waals surface area (Å²) < 4.78 is 0.842. The maximum Gasteiger partial charge on any atom is 0.326 e. The van der Waals surface area contributed by atoms with Gasteiger partial charge in [0.2, 0.25) is 0 Å². The number of halogens is 1. The smallest absolute Gasteiger partial charge is 0.326 e. The van der Waals surface area contributed by atoms with Gasteiger partial charge in [-0.25, -0.2) is 4.79 Å². The number of hydrogen-bond acceptors (Lipinski definition) is 3. The molecule has 0 saturated heterocycles. The van der Waals surface area contributed by atoms with Crippen LogP contribution in [0.5, 0.6) is 0 Å². The van der Waals surface area contributed by atoms with Crippen LogP contribution in [0.25, 0.3) is 10.9 Å². The molecule has 21 heavy (non-hydrogen) atoms. The van der Waals surface area contributed by atoms with Crippen molar-refractivity contribution in [2.24, 2.45) is 0 Å². The summed E-state index contributed by atoms with van der Waals surface area (Å²) in [6, 6.07) is 4.63. The van der Waals surface area contributed by atoms with Crippen LogP contribution in [0.3, 0.4) is 0 Å². The van der Waals surface area contributed by atoms with Crippen molar-refractivity contribution >= 4 is 38.7 Å². The highest BCUT2D eigenvalue weighted by Crippen LogP contribution is 2.31. The van der Waals surface area contributed by atoms with Crippen LogP contribution in [-0.4, -0.2) is 44.2 Å². The zero-order chi connectivity index (χ0) is 15.1. The van der Waals surface area contributed by atoms with E-state index in [1.807, 2.05) is 18.2 Å².